The van der Waals surface area contributed by atoms with Gasteiger partial charge in [0.05, 0.1) is 0 Å². The first kappa shape index (κ1) is 17.0. The Morgan fingerprint density at radius 1 is 1.15 bits per heavy atom. The maximum atomic E-state index is 12.6. The molecule has 0 unspecified atom stereocenters. The lowest BCUT2D eigenvalue weighted by Crippen LogP contribution is -2.14. The average Bonchev–Trinajstić information content (AvgIpc) is 2.57. The Morgan fingerprint density at radius 2 is 1.70 bits per heavy atom. The van der Waals surface area contributed by atoms with E-state index in [1.807, 2.05) is 0 Å². The molecule has 0 saturated heterocycles. The van der Waals surface area contributed by atoms with Crippen LogP contribution in [0, 0.1) is 11.3 Å². The van der Waals surface area contributed by atoms with Gasteiger partial charge in [0, 0.05) is 28.8 Å². The molecule has 1 heterocycles. The van der Waals surface area contributed by atoms with Crippen LogP contribution in [0.5, 0.6) is 0 Å². The molecule has 2 nitrogen and oxygen atoms in total. The Morgan fingerprint density at radius 3 is 2.10 bits per heavy atom. The fourth-order valence-corrected chi connectivity index (χ4v) is 2.30. The highest BCUT2D eigenvalue weighted by atomic mass is 16.1. The molecule has 1 aromatic rings. The van der Waals surface area contributed by atoms with Gasteiger partial charge in [-0.05, 0) is 23.8 Å². The van der Waals surface area contributed by atoms with Gasteiger partial charge in [0.15, 0.2) is 5.78 Å². The van der Waals surface area contributed by atoms with Crippen molar-refractivity contribution in [2.75, 3.05) is 0 Å². The molecule has 20 heavy (non-hydrogen) atoms. The van der Waals surface area contributed by atoms with Crippen molar-refractivity contribution in [2.24, 2.45) is 11.3 Å². The van der Waals surface area contributed by atoms with Crippen LogP contribution in [0.3, 0.4) is 0 Å². The molecule has 114 valence electrons. The number of nitrogens with one attached hydrogen (secondary N) is 1. The van der Waals surface area contributed by atoms with Crippen LogP contribution < -0.4 is 0 Å². The monoisotopic (exact) mass is 277 g/mol. The summed E-state index contributed by atoms with van der Waals surface area (Å²) in [5, 5.41) is 0. The molecule has 2 heteroatoms. The number of Topliss-reactive ketones (excluding diaryl/α,β-unsaturated/α-hetero) is 1. The van der Waals surface area contributed by atoms with Crippen LogP contribution in [0.15, 0.2) is 6.07 Å². The molecule has 0 aliphatic rings. The highest BCUT2D eigenvalue weighted by Gasteiger charge is 2.25. The highest BCUT2D eigenvalue weighted by Crippen LogP contribution is 2.28. The molecule has 0 spiro atoms. The van der Waals surface area contributed by atoms with Crippen LogP contribution in [0.25, 0.3) is 0 Å². The molecule has 0 aromatic carbocycles. The summed E-state index contributed by atoms with van der Waals surface area (Å²) >= 11 is 0. The van der Waals surface area contributed by atoms with Crippen LogP contribution >= 0.6 is 0 Å². The van der Waals surface area contributed by atoms with Crippen molar-refractivity contribution in [3.05, 3.63) is 23.0 Å². The molecule has 1 rings (SSSR count). The smallest absolute Gasteiger partial charge is 0.165 e. The summed E-state index contributed by atoms with van der Waals surface area (Å²) in [6.07, 6.45) is 1.53. The van der Waals surface area contributed by atoms with Crippen LogP contribution in [0.1, 0.15) is 83.6 Å². The highest BCUT2D eigenvalue weighted by molar-refractivity contribution is 5.97. The van der Waals surface area contributed by atoms with Crippen molar-refractivity contribution in [3.63, 3.8) is 0 Å². The standard InChI is InChI=1S/C18H31NO/c1-12(2)9-14-13(15(20)11-17(3,4)5)10-16(19-14)18(6,7)8/h10,12,19H,9,11H2,1-8H3. The summed E-state index contributed by atoms with van der Waals surface area (Å²) in [7, 11) is 0. The topological polar surface area (TPSA) is 32.9 Å². The number of rotatable bonds is 4. The molecule has 0 saturated carbocycles. The third kappa shape index (κ3) is 4.81. The van der Waals surface area contributed by atoms with Crippen LogP contribution in [-0.4, -0.2) is 10.8 Å². The Hall–Kier alpha value is -1.05. The second-order valence-corrected chi connectivity index (χ2v) is 8.58. The zero-order valence-corrected chi connectivity index (χ0v) is 14.5. The van der Waals surface area contributed by atoms with Gasteiger partial charge in [-0.1, -0.05) is 55.4 Å². The lowest BCUT2D eigenvalue weighted by atomic mass is 9.86. The van der Waals surface area contributed by atoms with Crippen molar-refractivity contribution in [2.45, 2.75) is 73.6 Å². The van der Waals surface area contributed by atoms with E-state index < -0.39 is 0 Å². The first-order valence-electron chi connectivity index (χ1n) is 7.66. The Kier molecular flexibility index (Phi) is 4.89. The molecule has 0 aliphatic heterocycles. The van der Waals surface area contributed by atoms with E-state index in [9.17, 15) is 4.79 Å². The summed E-state index contributed by atoms with van der Waals surface area (Å²) in [4.78, 5) is 16.1. The van der Waals surface area contributed by atoms with Crippen molar-refractivity contribution in [1.82, 2.24) is 4.98 Å². The second-order valence-electron chi connectivity index (χ2n) is 8.58. The third-order valence-corrected chi connectivity index (χ3v) is 3.31. The average molecular weight is 277 g/mol. The molecule has 0 aliphatic carbocycles. The summed E-state index contributed by atoms with van der Waals surface area (Å²) in [6.45, 7) is 17.3. The number of ketones is 1. The number of H-pyrrole nitrogens is 1. The molecular formula is C18H31NO. The number of hydrogen-bond donors (Lipinski definition) is 1. The number of carbonyl (C=O) groups is 1. The molecule has 1 N–H and O–H groups in total. The molecular weight excluding hydrogens is 246 g/mol. The molecule has 0 radical (unpaired) electrons. The van der Waals surface area contributed by atoms with E-state index in [1.54, 1.807) is 0 Å². The molecule has 0 amide bonds. The summed E-state index contributed by atoms with van der Waals surface area (Å²) in [5.41, 5.74) is 3.25. The third-order valence-electron chi connectivity index (χ3n) is 3.31. The van der Waals surface area contributed by atoms with Gasteiger partial charge < -0.3 is 4.98 Å². The fraction of sp³-hybridized carbons (Fsp3) is 0.722. The van der Waals surface area contributed by atoms with E-state index in [4.69, 9.17) is 0 Å². The number of carbonyl (C=O) groups excluding carboxylic acids is 1. The van der Waals surface area contributed by atoms with Gasteiger partial charge in [0.25, 0.3) is 0 Å². The molecule has 1 aromatic heterocycles. The Labute approximate surface area is 124 Å². The van der Waals surface area contributed by atoms with Crippen molar-refractivity contribution >= 4 is 5.78 Å². The SMILES string of the molecule is CC(C)Cc1[nH]c(C(C)(C)C)cc1C(=O)CC(C)(C)C. The number of aromatic amines is 1. The lowest BCUT2D eigenvalue weighted by molar-refractivity contribution is 0.0939. The van der Waals surface area contributed by atoms with Crippen molar-refractivity contribution < 1.29 is 4.79 Å². The second kappa shape index (κ2) is 5.75. The van der Waals surface area contributed by atoms with Crippen molar-refractivity contribution in [1.29, 1.82) is 0 Å². The Balaban J connectivity index is 3.15. The first-order chi connectivity index (χ1) is 8.90. The van der Waals surface area contributed by atoms with E-state index in [2.05, 4.69) is 66.4 Å². The van der Waals surface area contributed by atoms with E-state index in [1.165, 1.54) is 0 Å². The van der Waals surface area contributed by atoms with Crippen LogP contribution in [0.2, 0.25) is 0 Å². The summed E-state index contributed by atoms with van der Waals surface area (Å²) < 4.78 is 0. The molecule has 0 fully saturated rings. The van der Waals surface area contributed by atoms with Crippen LogP contribution in [0.4, 0.5) is 0 Å². The number of hydrogen-bond acceptors (Lipinski definition) is 1. The van der Waals surface area contributed by atoms with Gasteiger partial charge in [0.1, 0.15) is 0 Å². The van der Waals surface area contributed by atoms with E-state index in [0.717, 1.165) is 23.4 Å². The number of aromatic nitrogens is 1. The van der Waals surface area contributed by atoms with Gasteiger partial charge in [0.2, 0.25) is 0 Å². The normalized spacial score (nSPS) is 13.1. The largest absolute Gasteiger partial charge is 0.361 e. The maximum absolute atomic E-state index is 12.6. The van der Waals surface area contributed by atoms with E-state index in [0.29, 0.717) is 12.3 Å². The van der Waals surface area contributed by atoms with E-state index in [-0.39, 0.29) is 16.6 Å². The summed E-state index contributed by atoms with van der Waals surface area (Å²) in [6, 6.07) is 2.08. The maximum Gasteiger partial charge on any atom is 0.165 e. The molecule has 0 bridgehead atoms. The fourth-order valence-electron chi connectivity index (χ4n) is 2.30. The Bertz CT molecular complexity index is 467. The van der Waals surface area contributed by atoms with Crippen LogP contribution in [-0.2, 0) is 11.8 Å². The quantitative estimate of drug-likeness (QED) is 0.760. The van der Waals surface area contributed by atoms with Gasteiger partial charge in [-0.2, -0.15) is 0 Å². The first-order valence-corrected chi connectivity index (χ1v) is 7.66. The zero-order chi connectivity index (χ0) is 15.7. The lowest BCUT2D eigenvalue weighted by Gasteiger charge is -2.17. The minimum atomic E-state index is 0.0331. The summed E-state index contributed by atoms with van der Waals surface area (Å²) in [5.74, 6) is 0.808. The minimum absolute atomic E-state index is 0.0331. The van der Waals surface area contributed by atoms with Gasteiger partial charge in [-0.15, -0.1) is 0 Å². The predicted octanol–water partition coefficient (Wildman–Crippen LogP) is 5.13. The van der Waals surface area contributed by atoms with Gasteiger partial charge >= 0.3 is 0 Å². The van der Waals surface area contributed by atoms with Gasteiger partial charge in [-0.25, -0.2) is 0 Å². The zero-order valence-electron chi connectivity index (χ0n) is 14.5. The minimum Gasteiger partial charge on any atom is -0.361 e. The van der Waals surface area contributed by atoms with E-state index >= 15 is 0 Å². The predicted molar refractivity (Wildman–Crippen MR) is 86.4 cm³/mol. The molecule has 0 atom stereocenters. The van der Waals surface area contributed by atoms with Gasteiger partial charge in [-0.3, -0.25) is 4.79 Å². The van der Waals surface area contributed by atoms with Crippen molar-refractivity contribution in [3.8, 4) is 0 Å².